The molecule has 1 aliphatic heterocycles. The number of fused-ring (bicyclic) bond motifs is 1. The topological polar surface area (TPSA) is 102 Å². The van der Waals surface area contributed by atoms with Crippen LogP contribution >= 0.6 is 12.4 Å². The molecular formula is C11H16ClN3O3S2. The molecule has 0 fully saturated rings. The standard InChI is InChI=1S/C11H15N3O3S2.ClH/c1-11(2,6-12)14-19(16,17)9-5-3-4-8-10(9)18(15)7-13-8;/h3-5,7,14H,6,12H2,1-2H3;1H. The SMILES string of the molecule is CC(C)(CN)NS(=O)(=O)c1cccc2c1S(=O)C=N2.Cl. The molecule has 9 heteroatoms. The van der Waals surface area contributed by atoms with E-state index >= 15 is 0 Å². The van der Waals surface area contributed by atoms with E-state index < -0.39 is 26.4 Å². The van der Waals surface area contributed by atoms with Gasteiger partial charge in [0.1, 0.15) is 4.90 Å². The van der Waals surface area contributed by atoms with Crippen molar-refractivity contribution in [1.29, 1.82) is 0 Å². The Labute approximate surface area is 126 Å². The van der Waals surface area contributed by atoms with Gasteiger partial charge in [-0.2, -0.15) is 0 Å². The van der Waals surface area contributed by atoms with Gasteiger partial charge in [-0.25, -0.2) is 22.3 Å². The first-order chi connectivity index (χ1) is 8.77. The van der Waals surface area contributed by atoms with Crippen LogP contribution in [-0.2, 0) is 20.8 Å². The predicted octanol–water partition coefficient (Wildman–Crippen LogP) is 0.905. The second-order valence-corrected chi connectivity index (χ2v) is 7.69. The van der Waals surface area contributed by atoms with E-state index in [-0.39, 0.29) is 28.7 Å². The van der Waals surface area contributed by atoms with Gasteiger partial charge < -0.3 is 5.73 Å². The van der Waals surface area contributed by atoms with Crippen LogP contribution in [0.15, 0.2) is 33.0 Å². The van der Waals surface area contributed by atoms with Crippen LogP contribution in [0.4, 0.5) is 5.69 Å². The Kier molecular flexibility index (Phi) is 5.09. The minimum Gasteiger partial charge on any atom is -0.329 e. The number of hydrogen-bond donors (Lipinski definition) is 2. The van der Waals surface area contributed by atoms with E-state index in [0.29, 0.717) is 5.69 Å². The molecule has 112 valence electrons. The summed E-state index contributed by atoms with van der Waals surface area (Å²) in [5.41, 5.74) is 6.40. The number of rotatable bonds is 4. The third kappa shape index (κ3) is 3.26. The fourth-order valence-electron chi connectivity index (χ4n) is 1.64. The Hall–Kier alpha value is -0.800. The zero-order valence-corrected chi connectivity index (χ0v) is 13.4. The number of hydrogen-bond acceptors (Lipinski definition) is 5. The number of benzene rings is 1. The maximum absolute atomic E-state index is 12.4. The lowest BCUT2D eigenvalue weighted by atomic mass is 10.1. The summed E-state index contributed by atoms with van der Waals surface area (Å²) in [4.78, 5) is 4.14. The molecule has 20 heavy (non-hydrogen) atoms. The molecule has 0 radical (unpaired) electrons. The van der Waals surface area contributed by atoms with E-state index in [2.05, 4.69) is 9.71 Å². The van der Waals surface area contributed by atoms with Gasteiger partial charge in [0.15, 0.2) is 0 Å². The molecule has 3 N–H and O–H groups in total. The summed E-state index contributed by atoms with van der Waals surface area (Å²) in [6.45, 7) is 3.52. The van der Waals surface area contributed by atoms with Crippen LogP contribution in [0.1, 0.15) is 13.8 Å². The minimum atomic E-state index is -3.79. The van der Waals surface area contributed by atoms with Gasteiger partial charge in [0.25, 0.3) is 0 Å². The Balaban J connectivity index is 0.00000200. The first-order valence-electron chi connectivity index (χ1n) is 5.59. The lowest BCUT2D eigenvalue weighted by molar-refractivity contribution is 0.462. The van der Waals surface area contributed by atoms with Gasteiger partial charge >= 0.3 is 0 Å². The molecule has 1 aliphatic rings. The molecule has 0 bridgehead atoms. The van der Waals surface area contributed by atoms with Gasteiger partial charge in [0.05, 0.1) is 26.9 Å². The van der Waals surface area contributed by atoms with Gasteiger partial charge in [0.2, 0.25) is 10.0 Å². The predicted molar refractivity (Wildman–Crippen MR) is 81.7 cm³/mol. The largest absolute Gasteiger partial charge is 0.329 e. The second-order valence-electron chi connectivity index (χ2n) is 4.83. The summed E-state index contributed by atoms with van der Waals surface area (Å²) in [7, 11) is -5.32. The number of halogens is 1. The van der Waals surface area contributed by atoms with Crippen molar-refractivity contribution in [2.24, 2.45) is 10.7 Å². The van der Waals surface area contributed by atoms with Gasteiger partial charge in [-0.15, -0.1) is 12.4 Å². The molecule has 1 aromatic rings. The molecule has 6 nitrogen and oxygen atoms in total. The van der Waals surface area contributed by atoms with Crippen LogP contribution < -0.4 is 10.5 Å². The third-order valence-corrected chi connectivity index (χ3v) is 5.66. The smallest absolute Gasteiger partial charge is 0.242 e. The van der Waals surface area contributed by atoms with Crippen molar-refractivity contribution in [1.82, 2.24) is 4.72 Å². The highest BCUT2D eigenvalue weighted by molar-refractivity contribution is 7.99. The van der Waals surface area contributed by atoms with Gasteiger partial charge in [-0.1, -0.05) is 6.07 Å². The zero-order chi connectivity index (χ0) is 14.3. The normalized spacial score (nSPS) is 17.6. The lowest BCUT2D eigenvalue weighted by Crippen LogP contribution is -2.48. The highest BCUT2D eigenvalue weighted by Gasteiger charge is 2.30. The van der Waals surface area contributed by atoms with Gasteiger partial charge in [0, 0.05) is 12.1 Å². The van der Waals surface area contributed by atoms with Crippen molar-refractivity contribution >= 4 is 44.5 Å². The quantitative estimate of drug-likeness (QED) is 0.852. The molecule has 0 saturated carbocycles. The summed E-state index contributed by atoms with van der Waals surface area (Å²) >= 11 is 0. The maximum Gasteiger partial charge on any atom is 0.242 e. The molecule has 0 aliphatic carbocycles. The van der Waals surface area contributed by atoms with Crippen LogP contribution in [0.5, 0.6) is 0 Å². The highest BCUT2D eigenvalue weighted by Crippen LogP contribution is 2.33. The minimum absolute atomic E-state index is 0. The molecule has 1 aromatic carbocycles. The number of nitrogens with one attached hydrogen (secondary N) is 1. The van der Waals surface area contributed by atoms with Crippen LogP contribution in [0, 0.1) is 0 Å². The van der Waals surface area contributed by atoms with Gasteiger partial charge in [-0.05, 0) is 26.0 Å². The summed E-state index contributed by atoms with van der Waals surface area (Å²) in [6, 6.07) is 4.62. The molecule has 0 amide bonds. The second kappa shape index (κ2) is 5.90. The monoisotopic (exact) mass is 337 g/mol. The molecule has 1 atom stereocenters. The Bertz CT molecular complexity index is 671. The molecule has 1 unspecified atom stereocenters. The molecule has 2 rings (SSSR count). The Morgan fingerprint density at radius 1 is 1.40 bits per heavy atom. The van der Waals surface area contributed by atoms with Crippen molar-refractivity contribution in [2.45, 2.75) is 29.2 Å². The van der Waals surface area contributed by atoms with E-state index in [1.807, 2.05) is 0 Å². The zero-order valence-electron chi connectivity index (χ0n) is 11.0. The molecule has 1 heterocycles. The first kappa shape index (κ1) is 17.3. The molecule has 0 aromatic heterocycles. The number of aliphatic imine (C=N–C) groups is 1. The van der Waals surface area contributed by atoms with E-state index in [1.54, 1.807) is 26.0 Å². The fraction of sp³-hybridized carbons (Fsp3) is 0.364. The first-order valence-corrected chi connectivity index (χ1v) is 8.28. The van der Waals surface area contributed by atoms with E-state index in [1.165, 1.54) is 11.6 Å². The summed E-state index contributed by atoms with van der Waals surface area (Å²) in [6.07, 6.45) is 0. The maximum atomic E-state index is 12.4. The van der Waals surface area contributed by atoms with E-state index in [4.69, 9.17) is 5.73 Å². The van der Waals surface area contributed by atoms with Crippen molar-refractivity contribution in [2.75, 3.05) is 6.54 Å². The van der Waals surface area contributed by atoms with Crippen molar-refractivity contribution in [3.05, 3.63) is 18.2 Å². The van der Waals surface area contributed by atoms with Crippen molar-refractivity contribution < 1.29 is 12.6 Å². The van der Waals surface area contributed by atoms with Crippen LogP contribution in [0.2, 0.25) is 0 Å². The lowest BCUT2D eigenvalue weighted by Gasteiger charge is -2.24. The average Bonchev–Trinajstić information content (AvgIpc) is 2.70. The summed E-state index contributed by atoms with van der Waals surface area (Å²) in [5, 5.41) is 0. The summed E-state index contributed by atoms with van der Waals surface area (Å²) in [5.74, 6) is 0. The summed E-state index contributed by atoms with van der Waals surface area (Å²) < 4.78 is 39.0. The number of nitrogens with two attached hydrogens (primary N) is 1. The van der Waals surface area contributed by atoms with Crippen molar-refractivity contribution in [3.63, 3.8) is 0 Å². The van der Waals surface area contributed by atoms with Gasteiger partial charge in [-0.3, -0.25) is 0 Å². The Morgan fingerprint density at radius 2 is 2.05 bits per heavy atom. The highest BCUT2D eigenvalue weighted by atomic mass is 35.5. The number of nitrogens with zero attached hydrogens (tertiary/aromatic N) is 1. The average molecular weight is 338 g/mol. The van der Waals surface area contributed by atoms with Crippen molar-refractivity contribution in [3.8, 4) is 0 Å². The van der Waals surface area contributed by atoms with E-state index in [9.17, 15) is 12.6 Å². The fourth-order valence-corrected chi connectivity index (χ4v) is 4.65. The molecule has 0 saturated heterocycles. The Morgan fingerprint density at radius 3 is 2.65 bits per heavy atom. The van der Waals surface area contributed by atoms with Crippen LogP contribution in [0.3, 0.4) is 0 Å². The molecular weight excluding hydrogens is 322 g/mol. The third-order valence-electron chi connectivity index (χ3n) is 2.66. The van der Waals surface area contributed by atoms with Crippen LogP contribution in [-0.4, -0.2) is 30.3 Å². The number of sulfonamides is 1. The van der Waals surface area contributed by atoms with Crippen LogP contribution in [0.25, 0.3) is 0 Å². The molecule has 0 spiro atoms. The van der Waals surface area contributed by atoms with E-state index in [0.717, 1.165) is 0 Å².